The van der Waals surface area contributed by atoms with Crippen molar-refractivity contribution in [2.24, 2.45) is 11.3 Å². The molecule has 1 aliphatic rings. The molecule has 148 valence electrons. The minimum atomic E-state index is -0.433. The molecular formula is C23H39NO2. The van der Waals surface area contributed by atoms with Crippen LogP contribution in [0.4, 0.5) is 0 Å². The number of benzene rings is 1. The molecule has 0 radical (unpaired) electrons. The highest BCUT2D eigenvalue weighted by Crippen LogP contribution is 2.36. The number of hydrogen-bond donors (Lipinski definition) is 1. The third-order valence-electron chi connectivity index (χ3n) is 5.26. The van der Waals surface area contributed by atoms with Gasteiger partial charge in [-0.25, -0.2) is 0 Å². The second kappa shape index (κ2) is 8.75. The Morgan fingerprint density at radius 2 is 1.81 bits per heavy atom. The average molecular weight is 362 g/mol. The van der Waals surface area contributed by atoms with Gasteiger partial charge in [0.05, 0.1) is 0 Å². The van der Waals surface area contributed by atoms with Gasteiger partial charge in [0.1, 0.15) is 18.5 Å². The van der Waals surface area contributed by atoms with E-state index in [-0.39, 0.29) is 5.41 Å². The predicted molar refractivity (Wildman–Crippen MR) is 110 cm³/mol. The van der Waals surface area contributed by atoms with Crippen molar-refractivity contribution in [1.29, 1.82) is 0 Å². The van der Waals surface area contributed by atoms with E-state index < -0.39 is 6.10 Å². The Bertz CT molecular complexity index is 544. The van der Waals surface area contributed by atoms with Crippen LogP contribution in [0.5, 0.6) is 5.75 Å². The molecule has 0 saturated carbocycles. The van der Waals surface area contributed by atoms with Crippen molar-refractivity contribution >= 4 is 0 Å². The van der Waals surface area contributed by atoms with Crippen LogP contribution in [0.1, 0.15) is 66.4 Å². The molecule has 0 spiro atoms. The summed E-state index contributed by atoms with van der Waals surface area (Å²) < 4.78 is 5.83. The SMILES string of the molecule is CC1CCCN(CC(O)COc2ccc(C(C)(C)CC(C)(C)C)cc2)C1. The monoisotopic (exact) mass is 361 g/mol. The molecule has 0 amide bonds. The van der Waals surface area contributed by atoms with Crippen molar-refractivity contribution in [1.82, 2.24) is 4.90 Å². The lowest BCUT2D eigenvalue weighted by Gasteiger charge is -2.33. The van der Waals surface area contributed by atoms with Gasteiger partial charge in [0.2, 0.25) is 0 Å². The number of piperidine rings is 1. The summed E-state index contributed by atoms with van der Waals surface area (Å²) in [5, 5.41) is 10.3. The number of nitrogens with zero attached hydrogens (tertiary/aromatic N) is 1. The molecule has 0 bridgehead atoms. The van der Waals surface area contributed by atoms with E-state index in [0.29, 0.717) is 18.6 Å². The number of likely N-dealkylation sites (tertiary alicyclic amines) is 1. The summed E-state index contributed by atoms with van der Waals surface area (Å²) in [6.45, 7) is 17.0. The standard InChI is InChI=1S/C23H39NO2/c1-18-8-7-13-24(14-18)15-20(25)16-26-21-11-9-19(10-12-21)23(5,6)17-22(2,3)4/h9-12,18,20,25H,7-8,13-17H2,1-6H3. The number of hydrogen-bond acceptors (Lipinski definition) is 3. The quantitative estimate of drug-likeness (QED) is 0.752. The summed E-state index contributed by atoms with van der Waals surface area (Å²) in [5.41, 5.74) is 1.78. The van der Waals surface area contributed by atoms with E-state index in [2.05, 4.69) is 58.6 Å². The van der Waals surface area contributed by atoms with Crippen molar-refractivity contribution in [3.8, 4) is 5.75 Å². The molecule has 1 heterocycles. The van der Waals surface area contributed by atoms with Crippen molar-refractivity contribution in [2.75, 3.05) is 26.2 Å². The van der Waals surface area contributed by atoms with Crippen LogP contribution in [0.15, 0.2) is 24.3 Å². The van der Waals surface area contributed by atoms with Crippen LogP contribution in [0.2, 0.25) is 0 Å². The Morgan fingerprint density at radius 3 is 2.38 bits per heavy atom. The molecule has 2 unspecified atom stereocenters. The van der Waals surface area contributed by atoms with E-state index in [4.69, 9.17) is 4.74 Å². The second-order valence-electron chi connectivity index (χ2n) is 10.1. The van der Waals surface area contributed by atoms with Crippen molar-refractivity contribution < 1.29 is 9.84 Å². The lowest BCUT2D eigenvalue weighted by molar-refractivity contribution is 0.0537. The molecule has 1 fully saturated rings. The van der Waals surface area contributed by atoms with Gasteiger partial charge in [0.25, 0.3) is 0 Å². The normalized spacial score (nSPS) is 20.8. The lowest BCUT2D eigenvalue weighted by atomic mass is 9.72. The number of ether oxygens (including phenoxy) is 1. The number of β-amino-alcohol motifs (C(OH)–C–C–N with tert-alkyl or cyclic N) is 1. The van der Waals surface area contributed by atoms with Crippen molar-refractivity contribution in [2.45, 2.75) is 72.3 Å². The van der Waals surface area contributed by atoms with E-state index in [1.54, 1.807) is 0 Å². The molecule has 2 rings (SSSR count). The summed E-state index contributed by atoms with van der Waals surface area (Å²) in [7, 11) is 0. The fraction of sp³-hybridized carbons (Fsp3) is 0.739. The Morgan fingerprint density at radius 1 is 1.15 bits per heavy atom. The van der Waals surface area contributed by atoms with Crippen LogP contribution < -0.4 is 4.74 Å². The van der Waals surface area contributed by atoms with Gasteiger partial charge in [-0.2, -0.15) is 0 Å². The Kier molecular flexibility index (Phi) is 7.15. The number of rotatable bonds is 7. The van der Waals surface area contributed by atoms with Crippen molar-refractivity contribution in [3.05, 3.63) is 29.8 Å². The first kappa shape index (κ1) is 21.2. The lowest BCUT2D eigenvalue weighted by Crippen LogP contribution is -2.41. The van der Waals surface area contributed by atoms with Crippen molar-refractivity contribution in [3.63, 3.8) is 0 Å². The molecule has 0 aromatic heterocycles. The van der Waals surface area contributed by atoms with Gasteiger partial charge in [-0.05, 0) is 60.3 Å². The van der Waals surface area contributed by atoms with Gasteiger partial charge in [-0.1, -0.05) is 53.7 Å². The molecule has 0 aliphatic carbocycles. The van der Waals surface area contributed by atoms with E-state index >= 15 is 0 Å². The minimum absolute atomic E-state index is 0.140. The summed E-state index contributed by atoms with van der Waals surface area (Å²) >= 11 is 0. The molecule has 1 saturated heterocycles. The van der Waals surface area contributed by atoms with Gasteiger partial charge in [0, 0.05) is 13.1 Å². The maximum atomic E-state index is 10.3. The molecular weight excluding hydrogens is 322 g/mol. The highest BCUT2D eigenvalue weighted by Gasteiger charge is 2.27. The Balaban J connectivity index is 1.83. The van der Waals surface area contributed by atoms with E-state index in [1.807, 2.05) is 12.1 Å². The highest BCUT2D eigenvalue weighted by molar-refractivity contribution is 5.31. The second-order valence-corrected chi connectivity index (χ2v) is 10.1. The molecule has 3 heteroatoms. The fourth-order valence-electron chi connectivity index (χ4n) is 4.43. The summed E-state index contributed by atoms with van der Waals surface area (Å²) in [6, 6.07) is 8.41. The molecule has 3 nitrogen and oxygen atoms in total. The van der Waals surface area contributed by atoms with Crippen LogP contribution >= 0.6 is 0 Å². The zero-order chi connectivity index (χ0) is 19.4. The zero-order valence-electron chi connectivity index (χ0n) is 17.7. The van der Waals surface area contributed by atoms with E-state index in [0.717, 1.165) is 31.2 Å². The third-order valence-corrected chi connectivity index (χ3v) is 5.26. The summed E-state index contributed by atoms with van der Waals surface area (Å²) in [5.74, 6) is 1.58. The largest absolute Gasteiger partial charge is 0.491 e. The first-order valence-corrected chi connectivity index (χ1v) is 10.2. The molecule has 1 aromatic carbocycles. The van der Waals surface area contributed by atoms with Crippen LogP contribution in [-0.2, 0) is 5.41 Å². The van der Waals surface area contributed by atoms with Gasteiger partial charge in [-0.3, -0.25) is 0 Å². The topological polar surface area (TPSA) is 32.7 Å². The first-order valence-electron chi connectivity index (χ1n) is 10.2. The van der Waals surface area contributed by atoms with Gasteiger partial charge >= 0.3 is 0 Å². The highest BCUT2D eigenvalue weighted by atomic mass is 16.5. The summed E-state index contributed by atoms with van der Waals surface area (Å²) in [4.78, 5) is 2.36. The molecule has 26 heavy (non-hydrogen) atoms. The fourth-order valence-corrected chi connectivity index (χ4v) is 4.43. The summed E-state index contributed by atoms with van der Waals surface area (Å²) in [6.07, 6.45) is 3.24. The molecule has 1 N–H and O–H groups in total. The first-order chi connectivity index (χ1) is 12.0. The van der Waals surface area contributed by atoms with Crippen LogP contribution in [0.25, 0.3) is 0 Å². The minimum Gasteiger partial charge on any atom is -0.491 e. The maximum Gasteiger partial charge on any atom is 0.119 e. The third kappa shape index (κ3) is 6.92. The van der Waals surface area contributed by atoms with Crippen LogP contribution in [0, 0.1) is 11.3 Å². The molecule has 2 atom stereocenters. The number of aliphatic hydroxyl groups excluding tert-OH is 1. The predicted octanol–water partition coefficient (Wildman–Crippen LogP) is 4.87. The Hall–Kier alpha value is -1.06. The van der Waals surface area contributed by atoms with Gasteiger partial charge in [-0.15, -0.1) is 0 Å². The molecule has 1 aromatic rings. The Labute approximate surface area is 160 Å². The maximum absolute atomic E-state index is 10.3. The van der Waals surface area contributed by atoms with Crippen LogP contribution in [0.3, 0.4) is 0 Å². The number of aliphatic hydroxyl groups is 1. The average Bonchev–Trinajstić information content (AvgIpc) is 2.51. The smallest absolute Gasteiger partial charge is 0.119 e. The van der Waals surface area contributed by atoms with Gasteiger partial charge in [0.15, 0.2) is 0 Å². The zero-order valence-corrected chi connectivity index (χ0v) is 17.7. The van der Waals surface area contributed by atoms with Crippen LogP contribution in [-0.4, -0.2) is 42.4 Å². The van der Waals surface area contributed by atoms with E-state index in [9.17, 15) is 5.11 Å². The van der Waals surface area contributed by atoms with Gasteiger partial charge < -0.3 is 14.7 Å². The van der Waals surface area contributed by atoms with E-state index in [1.165, 1.54) is 18.4 Å². The molecule has 1 aliphatic heterocycles.